The van der Waals surface area contributed by atoms with Gasteiger partial charge in [0.15, 0.2) is 5.82 Å². The van der Waals surface area contributed by atoms with Crippen LogP contribution in [0.25, 0.3) is 16.9 Å². The molecule has 1 aliphatic heterocycles. The van der Waals surface area contributed by atoms with Crippen molar-refractivity contribution in [1.29, 1.82) is 5.26 Å². The number of aromatic hydroxyl groups is 1. The third-order valence-electron chi connectivity index (χ3n) is 5.69. The normalized spacial score (nSPS) is 16.8. The summed E-state index contributed by atoms with van der Waals surface area (Å²) in [7, 11) is 2.05. The molecule has 0 radical (unpaired) electrons. The maximum atomic E-state index is 12.9. The number of carbonyl (C=O) groups excluding carboxylic acids is 1. The van der Waals surface area contributed by atoms with E-state index < -0.39 is 0 Å². The van der Waals surface area contributed by atoms with E-state index in [1.165, 1.54) is 10.9 Å². The molecule has 158 valence electrons. The summed E-state index contributed by atoms with van der Waals surface area (Å²) in [5, 5.41) is 24.1. The predicted octanol–water partition coefficient (Wildman–Crippen LogP) is 2.60. The molecule has 8 heteroatoms. The number of hydrogen-bond acceptors (Lipinski definition) is 6. The molecule has 4 rings (SSSR count). The molecule has 0 bridgehead atoms. The topological polar surface area (TPSA) is 98.3 Å². The van der Waals surface area contributed by atoms with E-state index in [-0.39, 0.29) is 17.8 Å². The Balaban J connectivity index is 1.58. The number of hydrogen-bond donors (Lipinski definition) is 1. The van der Waals surface area contributed by atoms with Crippen molar-refractivity contribution in [2.24, 2.45) is 0 Å². The van der Waals surface area contributed by atoms with E-state index in [1.807, 2.05) is 18.7 Å². The molecule has 1 fully saturated rings. The summed E-state index contributed by atoms with van der Waals surface area (Å²) in [5.74, 6) is 0.323. The standard InChI is InChI=1S/C23H24N6O2/c1-15-10-17(11-24)4-6-19(15)20-13-26-29(23(20)31)21-7-5-18(12-25-21)22(30)28-9-8-27(3)14-16(28)2/h4-7,10,12-13,16,31H,8-9,14H2,1-3H3/t16-/m0/s1. The summed E-state index contributed by atoms with van der Waals surface area (Å²) < 4.78 is 1.33. The molecular formula is C23H24N6O2. The van der Waals surface area contributed by atoms with Gasteiger partial charge in [0.1, 0.15) is 0 Å². The molecule has 0 saturated carbocycles. The van der Waals surface area contributed by atoms with Gasteiger partial charge in [-0.1, -0.05) is 6.07 Å². The number of carbonyl (C=O) groups is 1. The van der Waals surface area contributed by atoms with Crippen LogP contribution in [0.5, 0.6) is 5.88 Å². The van der Waals surface area contributed by atoms with Gasteiger partial charge in [0.05, 0.1) is 29.0 Å². The van der Waals surface area contributed by atoms with Crippen LogP contribution in [0, 0.1) is 18.3 Å². The maximum Gasteiger partial charge on any atom is 0.255 e. The quantitative estimate of drug-likeness (QED) is 0.705. The second kappa shape index (κ2) is 8.20. The van der Waals surface area contributed by atoms with Gasteiger partial charge in [0.2, 0.25) is 5.88 Å². The molecular weight excluding hydrogens is 392 g/mol. The van der Waals surface area contributed by atoms with Crippen LogP contribution in [0.3, 0.4) is 0 Å². The van der Waals surface area contributed by atoms with Crippen molar-refractivity contribution in [2.45, 2.75) is 19.9 Å². The minimum absolute atomic E-state index is 0.0433. The van der Waals surface area contributed by atoms with E-state index in [1.54, 1.807) is 36.5 Å². The highest BCUT2D eigenvalue weighted by molar-refractivity contribution is 5.94. The van der Waals surface area contributed by atoms with Gasteiger partial charge < -0.3 is 14.9 Å². The second-order valence-corrected chi connectivity index (χ2v) is 7.95. The van der Waals surface area contributed by atoms with Gasteiger partial charge in [-0.2, -0.15) is 15.0 Å². The number of nitrogens with zero attached hydrogens (tertiary/aromatic N) is 6. The molecule has 1 saturated heterocycles. The molecule has 3 aromatic rings. The zero-order chi connectivity index (χ0) is 22.1. The van der Waals surface area contributed by atoms with Crippen LogP contribution >= 0.6 is 0 Å². The van der Waals surface area contributed by atoms with Crippen LogP contribution in [-0.2, 0) is 0 Å². The lowest BCUT2D eigenvalue weighted by atomic mass is 10.0. The first-order chi connectivity index (χ1) is 14.9. The van der Waals surface area contributed by atoms with Gasteiger partial charge in [-0.15, -0.1) is 0 Å². The van der Waals surface area contributed by atoms with Gasteiger partial charge in [0, 0.05) is 31.9 Å². The monoisotopic (exact) mass is 416 g/mol. The van der Waals surface area contributed by atoms with Crippen molar-refractivity contribution in [3.8, 4) is 28.9 Å². The van der Waals surface area contributed by atoms with E-state index in [0.29, 0.717) is 29.1 Å². The zero-order valence-corrected chi connectivity index (χ0v) is 17.8. The number of nitriles is 1. The second-order valence-electron chi connectivity index (χ2n) is 7.95. The van der Waals surface area contributed by atoms with Gasteiger partial charge in [-0.25, -0.2) is 4.98 Å². The first-order valence-corrected chi connectivity index (χ1v) is 10.1. The molecule has 1 N–H and O–H groups in total. The highest BCUT2D eigenvalue weighted by Crippen LogP contribution is 2.33. The van der Waals surface area contributed by atoms with Crippen LogP contribution in [0.15, 0.2) is 42.7 Å². The Morgan fingerprint density at radius 1 is 1.19 bits per heavy atom. The zero-order valence-electron chi connectivity index (χ0n) is 17.8. The third-order valence-corrected chi connectivity index (χ3v) is 5.69. The lowest BCUT2D eigenvalue weighted by molar-refractivity contribution is 0.0533. The van der Waals surface area contributed by atoms with Crippen molar-refractivity contribution in [1.82, 2.24) is 24.6 Å². The minimum Gasteiger partial charge on any atom is -0.493 e. The smallest absolute Gasteiger partial charge is 0.255 e. The summed E-state index contributed by atoms with van der Waals surface area (Å²) in [6.45, 7) is 6.30. The fraction of sp³-hybridized carbons (Fsp3) is 0.304. The van der Waals surface area contributed by atoms with Gasteiger partial charge >= 0.3 is 0 Å². The average Bonchev–Trinajstić information content (AvgIpc) is 3.14. The van der Waals surface area contributed by atoms with Gasteiger partial charge in [0.25, 0.3) is 5.91 Å². The lowest BCUT2D eigenvalue weighted by Crippen LogP contribution is -2.52. The molecule has 1 atom stereocenters. The van der Waals surface area contributed by atoms with E-state index in [9.17, 15) is 9.90 Å². The Hall–Kier alpha value is -3.70. The van der Waals surface area contributed by atoms with E-state index in [2.05, 4.69) is 28.1 Å². The third kappa shape index (κ3) is 3.88. The summed E-state index contributed by atoms with van der Waals surface area (Å²) in [6.07, 6.45) is 3.09. The van der Waals surface area contributed by atoms with Crippen LogP contribution in [0.4, 0.5) is 0 Å². The first kappa shape index (κ1) is 20.6. The van der Waals surface area contributed by atoms with E-state index >= 15 is 0 Å². The van der Waals surface area contributed by atoms with Crippen molar-refractivity contribution in [3.63, 3.8) is 0 Å². The Bertz CT molecular complexity index is 1160. The molecule has 1 aromatic carbocycles. The van der Waals surface area contributed by atoms with E-state index in [4.69, 9.17) is 5.26 Å². The molecule has 2 aromatic heterocycles. The molecule has 1 aliphatic rings. The largest absolute Gasteiger partial charge is 0.493 e. The molecule has 0 spiro atoms. The van der Waals surface area contributed by atoms with Crippen molar-refractivity contribution in [2.75, 3.05) is 26.7 Å². The average molecular weight is 416 g/mol. The first-order valence-electron chi connectivity index (χ1n) is 10.1. The summed E-state index contributed by atoms with van der Waals surface area (Å²) in [5.41, 5.74) is 3.28. The van der Waals surface area contributed by atoms with Crippen molar-refractivity contribution in [3.05, 3.63) is 59.4 Å². The fourth-order valence-electron chi connectivity index (χ4n) is 3.98. The van der Waals surface area contributed by atoms with E-state index in [0.717, 1.165) is 24.2 Å². The number of amides is 1. The lowest BCUT2D eigenvalue weighted by Gasteiger charge is -2.38. The summed E-state index contributed by atoms with van der Waals surface area (Å²) >= 11 is 0. The maximum absolute atomic E-state index is 12.9. The number of piperazine rings is 1. The van der Waals surface area contributed by atoms with Crippen LogP contribution < -0.4 is 0 Å². The Morgan fingerprint density at radius 2 is 2.00 bits per heavy atom. The summed E-state index contributed by atoms with van der Waals surface area (Å²) in [6, 6.07) is 10.9. The number of pyridine rings is 1. The highest BCUT2D eigenvalue weighted by Gasteiger charge is 2.27. The fourth-order valence-corrected chi connectivity index (χ4v) is 3.98. The number of benzene rings is 1. The molecule has 0 unspecified atom stereocenters. The number of aryl methyl sites for hydroxylation is 1. The Labute approximate surface area is 181 Å². The molecule has 3 heterocycles. The van der Waals surface area contributed by atoms with Crippen LogP contribution in [0.2, 0.25) is 0 Å². The van der Waals surface area contributed by atoms with Crippen LogP contribution in [-0.4, -0.2) is 68.3 Å². The number of aromatic nitrogens is 3. The number of rotatable bonds is 3. The van der Waals surface area contributed by atoms with Gasteiger partial charge in [-0.3, -0.25) is 4.79 Å². The summed E-state index contributed by atoms with van der Waals surface area (Å²) in [4.78, 5) is 21.3. The minimum atomic E-state index is -0.0490. The predicted molar refractivity (Wildman–Crippen MR) is 116 cm³/mol. The SMILES string of the molecule is Cc1cc(C#N)ccc1-c1cnn(-c2ccc(C(=O)N3CCN(C)C[C@@H]3C)cn2)c1O. The number of likely N-dealkylation sites (N-methyl/N-ethyl adjacent to an activating group) is 1. The van der Waals surface area contributed by atoms with Gasteiger partial charge in [-0.05, 0) is 56.3 Å². The molecule has 1 amide bonds. The Kier molecular flexibility index (Phi) is 5.44. The van der Waals surface area contributed by atoms with Crippen molar-refractivity contribution >= 4 is 5.91 Å². The molecule has 8 nitrogen and oxygen atoms in total. The molecule has 31 heavy (non-hydrogen) atoms. The highest BCUT2D eigenvalue weighted by atomic mass is 16.3. The van der Waals surface area contributed by atoms with Crippen molar-refractivity contribution < 1.29 is 9.90 Å². The molecule has 0 aliphatic carbocycles. The Morgan fingerprint density at radius 3 is 2.65 bits per heavy atom. The van der Waals surface area contributed by atoms with Crippen LogP contribution in [0.1, 0.15) is 28.4 Å².